The molecular formula is C36H18N6. The molecule has 0 unspecified atom stereocenters. The average Bonchev–Trinajstić information content (AvgIpc) is 3.07. The second-order valence-corrected chi connectivity index (χ2v) is 9.80. The van der Waals surface area contributed by atoms with Crippen molar-refractivity contribution < 1.29 is 0 Å². The van der Waals surface area contributed by atoms with Crippen molar-refractivity contribution in [3.05, 3.63) is 126 Å². The van der Waals surface area contributed by atoms with E-state index in [4.69, 9.17) is 15.0 Å². The maximum Gasteiger partial charge on any atom is 0.0999 e. The van der Waals surface area contributed by atoms with Crippen molar-refractivity contribution in [1.29, 1.82) is 15.8 Å². The van der Waals surface area contributed by atoms with E-state index in [2.05, 4.69) is 18.2 Å². The van der Waals surface area contributed by atoms with Gasteiger partial charge in [0.2, 0.25) is 0 Å². The van der Waals surface area contributed by atoms with Gasteiger partial charge in [0, 0.05) is 32.8 Å². The lowest BCUT2D eigenvalue weighted by molar-refractivity contribution is 1.29. The van der Waals surface area contributed by atoms with Crippen LogP contribution in [0.3, 0.4) is 0 Å². The van der Waals surface area contributed by atoms with E-state index in [9.17, 15) is 15.8 Å². The molecule has 0 saturated heterocycles. The summed E-state index contributed by atoms with van der Waals surface area (Å²) in [5, 5.41) is 31.5. The number of nitriles is 3. The fourth-order valence-electron chi connectivity index (χ4n) is 5.37. The van der Waals surface area contributed by atoms with Crippen molar-refractivity contribution in [3.8, 4) is 52.0 Å². The summed E-state index contributed by atoms with van der Waals surface area (Å²) in [7, 11) is 0. The summed E-state index contributed by atoms with van der Waals surface area (Å²) in [5.41, 5.74) is 7.95. The lowest BCUT2D eigenvalue weighted by atomic mass is 9.94. The summed E-state index contributed by atoms with van der Waals surface area (Å²) in [6, 6.07) is 40.6. The van der Waals surface area contributed by atoms with Gasteiger partial charge in [0.05, 0.1) is 68.5 Å². The molecule has 5 aromatic carbocycles. The zero-order chi connectivity index (χ0) is 28.6. The molecule has 0 aliphatic heterocycles. The number of pyridine rings is 1. The van der Waals surface area contributed by atoms with Gasteiger partial charge in [-0.3, -0.25) is 0 Å². The Labute approximate surface area is 241 Å². The summed E-state index contributed by atoms with van der Waals surface area (Å²) in [6.45, 7) is 0. The molecule has 0 amide bonds. The van der Waals surface area contributed by atoms with Crippen LogP contribution >= 0.6 is 0 Å². The largest absolute Gasteiger partial charge is 0.247 e. The zero-order valence-corrected chi connectivity index (χ0v) is 22.1. The van der Waals surface area contributed by atoms with Crippen LogP contribution in [0.5, 0.6) is 0 Å². The molecule has 0 bridgehead atoms. The number of aromatic nitrogens is 3. The minimum absolute atomic E-state index is 0.486. The summed E-state index contributed by atoms with van der Waals surface area (Å²) >= 11 is 0. The predicted molar refractivity (Wildman–Crippen MR) is 163 cm³/mol. The Kier molecular flexibility index (Phi) is 5.83. The highest BCUT2D eigenvalue weighted by Crippen LogP contribution is 2.40. The molecule has 0 N–H and O–H groups in total. The molecule has 0 aliphatic carbocycles. The standard InChI is InChI=1S/C36H18N6/c37-19-22-10-14-25(15-11-22)34-35(26-16-12-23(20-38)13-17-26)42-36-30(41-34)18-27(21-39)31-28-8-4-5-9-29(28)40-33(32(31)36)24-6-2-1-3-7-24/h1-18H. The molecule has 0 radical (unpaired) electrons. The number of rotatable bonds is 3. The fourth-order valence-corrected chi connectivity index (χ4v) is 5.37. The number of nitrogens with zero attached hydrogens (tertiary/aromatic N) is 6. The van der Waals surface area contributed by atoms with E-state index in [1.54, 1.807) is 30.3 Å². The van der Waals surface area contributed by atoms with E-state index in [-0.39, 0.29) is 0 Å². The maximum absolute atomic E-state index is 10.4. The number of hydrogen-bond acceptors (Lipinski definition) is 6. The number of fused-ring (bicyclic) bond motifs is 5. The topological polar surface area (TPSA) is 110 Å². The van der Waals surface area contributed by atoms with Crippen LogP contribution in [0.25, 0.3) is 66.5 Å². The molecule has 0 saturated carbocycles. The second-order valence-electron chi connectivity index (χ2n) is 9.80. The van der Waals surface area contributed by atoms with Gasteiger partial charge in [0.1, 0.15) is 0 Å². The molecule has 2 heterocycles. The molecule has 7 rings (SSSR count). The Morgan fingerprint density at radius 2 is 1.00 bits per heavy atom. The van der Waals surface area contributed by atoms with Crippen molar-refractivity contribution in [2.24, 2.45) is 0 Å². The third-order valence-corrected chi connectivity index (χ3v) is 7.34. The van der Waals surface area contributed by atoms with Crippen LogP contribution in [-0.2, 0) is 0 Å². The van der Waals surface area contributed by atoms with E-state index >= 15 is 0 Å². The van der Waals surface area contributed by atoms with Gasteiger partial charge in [-0.05, 0) is 36.4 Å². The molecule has 2 aromatic heterocycles. The first-order valence-electron chi connectivity index (χ1n) is 13.2. The molecule has 0 fully saturated rings. The van der Waals surface area contributed by atoms with Crippen LogP contribution in [0.4, 0.5) is 0 Å². The van der Waals surface area contributed by atoms with Crippen LogP contribution < -0.4 is 0 Å². The Morgan fingerprint density at radius 1 is 0.452 bits per heavy atom. The summed E-state index contributed by atoms with van der Waals surface area (Å²) < 4.78 is 0. The van der Waals surface area contributed by atoms with E-state index in [1.807, 2.05) is 78.9 Å². The number of benzene rings is 5. The van der Waals surface area contributed by atoms with E-state index in [0.717, 1.165) is 44.1 Å². The molecule has 7 aromatic rings. The van der Waals surface area contributed by atoms with Gasteiger partial charge >= 0.3 is 0 Å². The first-order valence-corrected chi connectivity index (χ1v) is 13.2. The molecule has 6 heteroatoms. The van der Waals surface area contributed by atoms with Crippen LogP contribution in [0.15, 0.2) is 109 Å². The maximum atomic E-state index is 10.4. The predicted octanol–water partition coefficient (Wildman–Crippen LogP) is 7.95. The van der Waals surface area contributed by atoms with Gasteiger partial charge in [-0.1, -0.05) is 72.8 Å². The minimum atomic E-state index is 0.486. The highest BCUT2D eigenvalue weighted by atomic mass is 14.8. The highest BCUT2D eigenvalue weighted by molar-refractivity contribution is 6.22. The van der Waals surface area contributed by atoms with Crippen molar-refractivity contribution in [2.45, 2.75) is 0 Å². The average molecular weight is 535 g/mol. The first-order chi connectivity index (χ1) is 20.7. The molecule has 42 heavy (non-hydrogen) atoms. The van der Waals surface area contributed by atoms with Gasteiger partial charge < -0.3 is 0 Å². The molecule has 0 spiro atoms. The third kappa shape index (κ3) is 3.98. The van der Waals surface area contributed by atoms with Crippen LogP contribution in [0.2, 0.25) is 0 Å². The van der Waals surface area contributed by atoms with Crippen molar-refractivity contribution in [2.75, 3.05) is 0 Å². The van der Waals surface area contributed by atoms with Gasteiger partial charge in [-0.25, -0.2) is 15.0 Å². The minimum Gasteiger partial charge on any atom is -0.247 e. The zero-order valence-electron chi connectivity index (χ0n) is 22.1. The van der Waals surface area contributed by atoms with Crippen molar-refractivity contribution in [3.63, 3.8) is 0 Å². The number of para-hydroxylation sites is 1. The monoisotopic (exact) mass is 534 g/mol. The Morgan fingerprint density at radius 3 is 1.62 bits per heavy atom. The fraction of sp³-hybridized carbons (Fsp3) is 0. The lowest BCUT2D eigenvalue weighted by Gasteiger charge is -2.16. The molecule has 192 valence electrons. The molecule has 0 atom stereocenters. The van der Waals surface area contributed by atoms with E-state index < -0.39 is 0 Å². The highest BCUT2D eigenvalue weighted by Gasteiger charge is 2.21. The Bertz CT molecular complexity index is 2300. The van der Waals surface area contributed by atoms with Crippen LogP contribution in [0.1, 0.15) is 16.7 Å². The SMILES string of the molecule is N#Cc1ccc(-c2nc3cc(C#N)c4c5ccccc5nc(-c5ccccc5)c4c3nc2-c2ccc(C#N)cc2)cc1. The summed E-state index contributed by atoms with van der Waals surface area (Å²) in [4.78, 5) is 15.4. The normalized spacial score (nSPS) is 10.8. The Hall–Kier alpha value is -6.42. The van der Waals surface area contributed by atoms with E-state index in [0.29, 0.717) is 39.1 Å². The quantitative estimate of drug-likeness (QED) is 0.213. The van der Waals surface area contributed by atoms with Gasteiger partial charge in [-0.15, -0.1) is 0 Å². The van der Waals surface area contributed by atoms with Gasteiger partial charge in [0.15, 0.2) is 0 Å². The summed E-state index contributed by atoms with van der Waals surface area (Å²) in [6.07, 6.45) is 0. The van der Waals surface area contributed by atoms with Crippen molar-refractivity contribution in [1.82, 2.24) is 15.0 Å². The lowest BCUT2D eigenvalue weighted by Crippen LogP contribution is -2.00. The van der Waals surface area contributed by atoms with Crippen molar-refractivity contribution >= 4 is 32.7 Å². The second kappa shape index (κ2) is 9.96. The smallest absolute Gasteiger partial charge is 0.0999 e. The number of hydrogen-bond donors (Lipinski definition) is 0. The van der Waals surface area contributed by atoms with Crippen LogP contribution in [0, 0.1) is 34.0 Å². The van der Waals surface area contributed by atoms with Gasteiger partial charge in [0.25, 0.3) is 0 Å². The molecule has 6 nitrogen and oxygen atoms in total. The van der Waals surface area contributed by atoms with Crippen LogP contribution in [-0.4, -0.2) is 15.0 Å². The molecule has 0 aliphatic rings. The van der Waals surface area contributed by atoms with E-state index in [1.165, 1.54) is 0 Å². The molecular weight excluding hydrogens is 516 g/mol. The third-order valence-electron chi connectivity index (χ3n) is 7.34. The van der Waals surface area contributed by atoms with Gasteiger partial charge in [-0.2, -0.15) is 15.8 Å². The summed E-state index contributed by atoms with van der Waals surface area (Å²) in [5.74, 6) is 0. The Balaban J connectivity index is 1.66. The first kappa shape index (κ1) is 24.6.